The molecule has 0 spiro atoms. The average molecular weight is 427 g/mol. The number of aromatic nitrogens is 2. The lowest BCUT2D eigenvalue weighted by molar-refractivity contribution is 0.244. The van der Waals surface area contributed by atoms with Gasteiger partial charge in [-0.25, -0.2) is 0 Å². The standard InChI is InChI=1S/C24H38N6O/c1-17(14-22-18(2)28-29(5)19(22)3)27-24(25-4)26-16-23(30-12-7-8-13-30)20-10-9-11-21(15-20)31-6/h9-11,15,17,23H,7-8,12-14,16H2,1-6H3,(H2,25,26,27). The van der Waals surface area contributed by atoms with Crippen molar-refractivity contribution >= 4 is 5.96 Å². The van der Waals surface area contributed by atoms with Crippen LogP contribution < -0.4 is 15.4 Å². The quantitative estimate of drug-likeness (QED) is 0.502. The molecule has 7 heteroatoms. The molecule has 7 nitrogen and oxygen atoms in total. The van der Waals surface area contributed by atoms with Gasteiger partial charge in [-0.2, -0.15) is 5.10 Å². The molecule has 31 heavy (non-hydrogen) atoms. The predicted octanol–water partition coefficient (Wildman–Crippen LogP) is 2.98. The Labute approximate surface area is 186 Å². The van der Waals surface area contributed by atoms with Gasteiger partial charge in [-0.1, -0.05) is 12.1 Å². The van der Waals surface area contributed by atoms with Gasteiger partial charge in [0.05, 0.1) is 18.8 Å². The van der Waals surface area contributed by atoms with Gasteiger partial charge < -0.3 is 15.4 Å². The van der Waals surface area contributed by atoms with Crippen molar-refractivity contribution in [2.45, 2.75) is 52.1 Å². The van der Waals surface area contributed by atoms with Crippen LogP contribution in [0.15, 0.2) is 29.3 Å². The zero-order chi connectivity index (χ0) is 22.4. The summed E-state index contributed by atoms with van der Waals surface area (Å²) in [6, 6.07) is 8.95. The number of methoxy groups -OCH3 is 1. The van der Waals surface area contributed by atoms with E-state index in [1.54, 1.807) is 7.11 Å². The van der Waals surface area contributed by atoms with Crippen LogP contribution in [0.25, 0.3) is 0 Å². The second kappa shape index (κ2) is 10.7. The average Bonchev–Trinajstić information content (AvgIpc) is 3.38. The van der Waals surface area contributed by atoms with E-state index in [2.05, 4.69) is 64.6 Å². The number of nitrogens with zero attached hydrogens (tertiary/aromatic N) is 4. The zero-order valence-electron chi connectivity index (χ0n) is 19.9. The number of rotatable bonds is 8. The molecule has 1 aliphatic heterocycles. The largest absolute Gasteiger partial charge is 0.497 e. The number of hydrogen-bond donors (Lipinski definition) is 2. The van der Waals surface area contributed by atoms with E-state index in [4.69, 9.17) is 4.74 Å². The molecule has 0 bridgehead atoms. The topological polar surface area (TPSA) is 66.7 Å². The summed E-state index contributed by atoms with van der Waals surface area (Å²) in [6.07, 6.45) is 3.43. The molecule has 2 atom stereocenters. The van der Waals surface area contributed by atoms with Gasteiger partial charge in [0, 0.05) is 32.4 Å². The van der Waals surface area contributed by atoms with Gasteiger partial charge in [0.15, 0.2) is 5.96 Å². The van der Waals surface area contributed by atoms with E-state index in [0.29, 0.717) is 0 Å². The van der Waals surface area contributed by atoms with Crippen LogP contribution >= 0.6 is 0 Å². The maximum Gasteiger partial charge on any atom is 0.191 e. The van der Waals surface area contributed by atoms with Crippen molar-refractivity contribution in [3.8, 4) is 5.75 Å². The number of likely N-dealkylation sites (tertiary alicyclic amines) is 1. The molecule has 0 aliphatic carbocycles. The van der Waals surface area contributed by atoms with Crippen LogP contribution in [-0.2, 0) is 13.5 Å². The van der Waals surface area contributed by atoms with Crippen molar-refractivity contribution in [3.05, 3.63) is 46.8 Å². The number of aryl methyl sites for hydroxylation is 2. The molecule has 3 rings (SSSR count). The number of nitrogens with one attached hydrogen (secondary N) is 2. The normalized spacial score (nSPS) is 16.9. The molecule has 0 amide bonds. The monoisotopic (exact) mass is 426 g/mol. The van der Waals surface area contributed by atoms with Gasteiger partial charge in [0.1, 0.15) is 5.75 Å². The van der Waals surface area contributed by atoms with Crippen molar-refractivity contribution < 1.29 is 4.74 Å². The first-order valence-electron chi connectivity index (χ1n) is 11.3. The van der Waals surface area contributed by atoms with Gasteiger partial charge >= 0.3 is 0 Å². The summed E-state index contributed by atoms with van der Waals surface area (Å²) in [6.45, 7) is 9.46. The third-order valence-electron chi connectivity index (χ3n) is 6.30. The fourth-order valence-electron chi connectivity index (χ4n) is 4.45. The minimum Gasteiger partial charge on any atom is -0.497 e. The summed E-state index contributed by atoms with van der Waals surface area (Å²) in [7, 11) is 5.56. The Balaban J connectivity index is 1.65. The highest BCUT2D eigenvalue weighted by molar-refractivity contribution is 5.80. The van der Waals surface area contributed by atoms with Crippen LogP contribution in [0.4, 0.5) is 0 Å². The van der Waals surface area contributed by atoms with E-state index in [9.17, 15) is 0 Å². The van der Waals surface area contributed by atoms with E-state index < -0.39 is 0 Å². The van der Waals surface area contributed by atoms with Crippen LogP contribution in [0.5, 0.6) is 5.75 Å². The third-order valence-corrected chi connectivity index (χ3v) is 6.30. The van der Waals surface area contributed by atoms with Crippen LogP contribution in [-0.4, -0.2) is 60.5 Å². The smallest absolute Gasteiger partial charge is 0.191 e. The molecule has 1 aromatic heterocycles. The van der Waals surface area contributed by atoms with Crippen molar-refractivity contribution in [3.63, 3.8) is 0 Å². The lowest BCUT2D eigenvalue weighted by Crippen LogP contribution is -2.46. The summed E-state index contributed by atoms with van der Waals surface area (Å²) < 4.78 is 7.42. The number of aliphatic imine (C=N–C) groups is 1. The molecular formula is C24H38N6O. The second-order valence-corrected chi connectivity index (χ2v) is 8.51. The lowest BCUT2D eigenvalue weighted by atomic mass is 10.0. The van der Waals surface area contributed by atoms with Gasteiger partial charge in [0.2, 0.25) is 0 Å². The minimum atomic E-state index is 0.245. The second-order valence-electron chi connectivity index (χ2n) is 8.51. The Bertz CT molecular complexity index is 884. The third kappa shape index (κ3) is 5.79. The van der Waals surface area contributed by atoms with E-state index in [-0.39, 0.29) is 12.1 Å². The number of hydrogen-bond acceptors (Lipinski definition) is 4. The lowest BCUT2D eigenvalue weighted by Gasteiger charge is -2.29. The molecule has 1 fully saturated rings. The predicted molar refractivity (Wildman–Crippen MR) is 127 cm³/mol. The van der Waals surface area contributed by atoms with Gasteiger partial charge in [-0.15, -0.1) is 0 Å². The first kappa shape index (κ1) is 23.1. The van der Waals surface area contributed by atoms with Crippen LogP contribution in [0.2, 0.25) is 0 Å². The van der Waals surface area contributed by atoms with Crippen molar-refractivity contribution in [2.24, 2.45) is 12.0 Å². The highest BCUT2D eigenvalue weighted by atomic mass is 16.5. The van der Waals surface area contributed by atoms with E-state index in [0.717, 1.165) is 43.5 Å². The molecule has 2 heterocycles. The van der Waals surface area contributed by atoms with E-state index >= 15 is 0 Å². The highest BCUT2D eigenvalue weighted by Gasteiger charge is 2.24. The molecule has 170 valence electrons. The summed E-state index contributed by atoms with van der Waals surface area (Å²) in [5.41, 5.74) is 4.91. The van der Waals surface area contributed by atoms with Crippen LogP contribution in [0.3, 0.4) is 0 Å². The van der Waals surface area contributed by atoms with E-state index in [1.165, 1.54) is 29.7 Å². The molecule has 2 N–H and O–H groups in total. The van der Waals surface area contributed by atoms with Crippen LogP contribution in [0.1, 0.15) is 48.3 Å². The molecule has 1 aromatic carbocycles. The van der Waals surface area contributed by atoms with Gasteiger partial charge in [0.25, 0.3) is 0 Å². The molecule has 0 radical (unpaired) electrons. The fourth-order valence-corrected chi connectivity index (χ4v) is 4.45. The molecule has 1 saturated heterocycles. The van der Waals surface area contributed by atoms with Crippen molar-refractivity contribution in [1.29, 1.82) is 0 Å². The van der Waals surface area contributed by atoms with Gasteiger partial charge in [-0.05, 0) is 76.4 Å². The SMILES string of the molecule is CN=C(NCC(c1cccc(OC)c1)N1CCCC1)NC(C)Cc1c(C)nn(C)c1C. The van der Waals surface area contributed by atoms with Crippen molar-refractivity contribution in [2.75, 3.05) is 33.8 Å². The Hall–Kier alpha value is -2.54. The Morgan fingerprint density at radius 2 is 2.00 bits per heavy atom. The van der Waals surface area contributed by atoms with Crippen LogP contribution in [0, 0.1) is 13.8 Å². The Morgan fingerprint density at radius 1 is 1.26 bits per heavy atom. The summed E-state index contributed by atoms with van der Waals surface area (Å²) in [4.78, 5) is 7.03. The van der Waals surface area contributed by atoms with Crippen molar-refractivity contribution in [1.82, 2.24) is 25.3 Å². The molecule has 0 saturated carbocycles. The van der Waals surface area contributed by atoms with Gasteiger partial charge in [-0.3, -0.25) is 14.6 Å². The minimum absolute atomic E-state index is 0.245. The molecular weight excluding hydrogens is 388 g/mol. The van der Waals surface area contributed by atoms with E-state index in [1.807, 2.05) is 24.8 Å². The first-order valence-corrected chi connectivity index (χ1v) is 11.3. The molecule has 1 aliphatic rings. The first-order chi connectivity index (χ1) is 14.9. The molecule has 2 aromatic rings. The fraction of sp³-hybridized carbons (Fsp3) is 0.583. The summed E-state index contributed by atoms with van der Waals surface area (Å²) in [5, 5.41) is 11.7. The number of benzene rings is 1. The number of ether oxygens (including phenoxy) is 1. The Kier molecular flexibility index (Phi) is 7.96. The maximum absolute atomic E-state index is 5.46. The number of guanidine groups is 1. The Morgan fingerprint density at radius 3 is 2.61 bits per heavy atom. The zero-order valence-corrected chi connectivity index (χ0v) is 19.9. The maximum atomic E-state index is 5.46. The highest BCUT2D eigenvalue weighted by Crippen LogP contribution is 2.27. The molecule has 2 unspecified atom stereocenters. The summed E-state index contributed by atoms with van der Waals surface area (Å²) in [5.74, 6) is 1.74. The summed E-state index contributed by atoms with van der Waals surface area (Å²) >= 11 is 0.